The molecule has 0 aliphatic heterocycles. The average Bonchev–Trinajstić information content (AvgIpc) is 3.30. The second kappa shape index (κ2) is 8.31. The van der Waals surface area contributed by atoms with Crippen LogP contribution in [0.1, 0.15) is 28.8 Å². The smallest absolute Gasteiger partial charge is 0.238 e. The minimum Gasteiger partial charge on any atom is -0.329 e. The maximum absolute atomic E-state index is 13.1. The van der Waals surface area contributed by atoms with Crippen LogP contribution in [0.3, 0.4) is 0 Å². The van der Waals surface area contributed by atoms with Gasteiger partial charge in [0.25, 0.3) is 0 Å². The normalized spacial score (nSPS) is 13.4. The van der Waals surface area contributed by atoms with Crippen LogP contribution in [0.5, 0.6) is 0 Å². The summed E-state index contributed by atoms with van der Waals surface area (Å²) in [6.07, 6.45) is 8.47. The highest BCUT2D eigenvalue weighted by Gasteiger charge is 2.22. The van der Waals surface area contributed by atoms with E-state index in [-0.39, 0.29) is 5.91 Å². The number of aromatic nitrogens is 2. The summed E-state index contributed by atoms with van der Waals surface area (Å²) < 4.78 is 1.95. The van der Waals surface area contributed by atoms with Crippen molar-refractivity contribution in [2.24, 2.45) is 7.05 Å². The van der Waals surface area contributed by atoms with Gasteiger partial charge in [-0.2, -0.15) is 0 Å². The van der Waals surface area contributed by atoms with Gasteiger partial charge in [0.1, 0.15) is 0 Å². The molecule has 0 fully saturated rings. The summed E-state index contributed by atoms with van der Waals surface area (Å²) in [5.41, 5.74) is 2.59. The number of carbonyl (C=O) groups excluding carboxylic acids is 1. The number of imidazole rings is 1. The Balaban J connectivity index is 1.56. The zero-order valence-electron chi connectivity index (χ0n) is 15.4. The van der Waals surface area contributed by atoms with Crippen LogP contribution in [-0.4, -0.2) is 21.2 Å². The van der Waals surface area contributed by atoms with Crippen LogP contribution in [-0.2, 0) is 31.2 Å². The molecule has 2 heterocycles. The van der Waals surface area contributed by atoms with Crippen LogP contribution in [0.4, 0.5) is 5.00 Å². The van der Waals surface area contributed by atoms with Crippen molar-refractivity contribution in [3.8, 4) is 0 Å². The number of benzene rings is 1. The summed E-state index contributed by atoms with van der Waals surface area (Å²) in [7, 11) is 1.95. The van der Waals surface area contributed by atoms with Crippen LogP contribution >= 0.6 is 23.1 Å². The fraction of sp³-hybridized carbons (Fsp3) is 0.333. The number of hydrogen-bond acceptors (Lipinski definition) is 4. The van der Waals surface area contributed by atoms with Crippen molar-refractivity contribution < 1.29 is 4.79 Å². The molecule has 4 rings (SSSR count). The van der Waals surface area contributed by atoms with E-state index in [1.165, 1.54) is 35.0 Å². The molecule has 0 spiro atoms. The SMILES string of the molecule is Cn1ccnc1SCC(=O)N(Cc1ccccc1)c1cc2c(s1)CCCC2. The standard InChI is InChI=1S/C21H23N3OS2/c1-23-12-11-22-21(23)26-15-19(25)24(14-16-7-3-2-4-8-16)20-13-17-9-5-6-10-18(17)27-20/h2-4,7-8,11-13H,5-6,9-10,14-15H2,1H3. The highest BCUT2D eigenvalue weighted by atomic mass is 32.2. The van der Waals surface area contributed by atoms with Crippen LogP contribution in [0.25, 0.3) is 0 Å². The third-order valence-corrected chi connectivity index (χ3v) is 7.14. The molecule has 1 aliphatic rings. The number of thiophene rings is 1. The molecule has 0 N–H and O–H groups in total. The van der Waals surface area contributed by atoms with Crippen LogP contribution in [0.2, 0.25) is 0 Å². The van der Waals surface area contributed by atoms with Crippen molar-refractivity contribution in [1.82, 2.24) is 9.55 Å². The summed E-state index contributed by atoms with van der Waals surface area (Å²) in [6, 6.07) is 12.5. The summed E-state index contributed by atoms with van der Waals surface area (Å²) in [5.74, 6) is 0.519. The Labute approximate surface area is 168 Å². The van der Waals surface area contributed by atoms with Crippen LogP contribution < -0.4 is 4.90 Å². The zero-order chi connectivity index (χ0) is 18.6. The Kier molecular flexibility index (Phi) is 5.64. The minimum atomic E-state index is 0.130. The molecule has 0 radical (unpaired) electrons. The lowest BCUT2D eigenvalue weighted by molar-refractivity contribution is -0.116. The van der Waals surface area contributed by atoms with E-state index in [1.807, 2.05) is 40.9 Å². The van der Waals surface area contributed by atoms with Gasteiger partial charge in [-0.3, -0.25) is 9.69 Å². The van der Waals surface area contributed by atoms with Gasteiger partial charge in [0.05, 0.1) is 17.3 Å². The number of fused-ring (bicyclic) bond motifs is 1. The molecule has 0 saturated carbocycles. The molecule has 1 amide bonds. The number of carbonyl (C=O) groups is 1. The van der Waals surface area contributed by atoms with E-state index in [9.17, 15) is 4.79 Å². The highest BCUT2D eigenvalue weighted by Crippen LogP contribution is 2.36. The number of aryl methyl sites for hydroxylation is 3. The largest absolute Gasteiger partial charge is 0.329 e. The van der Waals surface area contributed by atoms with E-state index in [1.54, 1.807) is 17.5 Å². The molecule has 0 bridgehead atoms. The number of rotatable bonds is 6. The minimum absolute atomic E-state index is 0.130. The van der Waals surface area contributed by atoms with E-state index in [0.29, 0.717) is 12.3 Å². The zero-order valence-corrected chi connectivity index (χ0v) is 17.1. The number of hydrogen-bond donors (Lipinski definition) is 0. The second-order valence-electron chi connectivity index (χ2n) is 6.82. The summed E-state index contributed by atoms with van der Waals surface area (Å²) in [6.45, 7) is 0.611. The number of anilines is 1. The van der Waals surface area contributed by atoms with E-state index in [4.69, 9.17) is 0 Å². The first kappa shape index (κ1) is 18.3. The van der Waals surface area contributed by atoms with Crippen molar-refractivity contribution in [2.45, 2.75) is 37.4 Å². The molecule has 0 saturated heterocycles. The molecule has 1 aromatic carbocycles. The van der Waals surface area contributed by atoms with Gasteiger partial charge in [-0.15, -0.1) is 11.3 Å². The molecule has 140 valence electrons. The van der Waals surface area contributed by atoms with E-state index < -0.39 is 0 Å². The van der Waals surface area contributed by atoms with Gasteiger partial charge in [0, 0.05) is 24.3 Å². The molecule has 27 heavy (non-hydrogen) atoms. The van der Waals surface area contributed by atoms with Crippen molar-refractivity contribution in [2.75, 3.05) is 10.7 Å². The van der Waals surface area contributed by atoms with Crippen LogP contribution in [0.15, 0.2) is 53.9 Å². The molecule has 3 aromatic rings. The number of thioether (sulfide) groups is 1. The maximum atomic E-state index is 13.1. The first-order valence-corrected chi connectivity index (χ1v) is 11.1. The highest BCUT2D eigenvalue weighted by molar-refractivity contribution is 7.99. The van der Waals surface area contributed by atoms with E-state index in [0.717, 1.165) is 28.6 Å². The lowest BCUT2D eigenvalue weighted by Gasteiger charge is -2.21. The fourth-order valence-electron chi connectivity index (χ4n) is 3.36. The van der Waals surface area contributed by atoms with Crippen molar-refractivity contribution >= 4 is 34.0 Å². The molecule has 2 aromatic heterocycles. The predicted octanol–water partition coefficient (Wildman–Crippen LogP) is 4.69. The Morgan fingerprint density at radius 2 is 2.07 bits per heavy atom. The predicted molar refractivity (Wildman–Crippen MR) is 113 cm³/mol. The summed E-state index contributed by atoms with van der Waals surface area (Å²) in [4.78, 5) is 20.9. The molecule has 1 aliphatic carbocycles. The monoisotopic (exact) mass is 397 g/mol. The van der Waals surface area contributed by atoms with E-state index in [2.05, 4.69) is 23.2 Å². The van der Waals surface area contributed by atoms with Gasteiger partial charge in [-0.05, 0) is 42.9 Å². The lowest BCUT2D eigenvalue weighted by Crippen LogP contribution is -2.31. The van der Waals surface area contributed by atoms with Gasteiger partial charge in [0.15, 0.2) is 5.16 Å². The van der Waals surface area contributed by atoms with Crippen molar-refractivity contribution in [3.63, 3.8) is 0 Å². The van der Waals surface area contributed by atoms with Gasteiger partial charge < -0.3 is 4.57 Å². The summed E-state index contributed by atoms with van der Waals surface area (Å²) in [5, 5.41) is 1.95. The number of nitrogens with zero attached hydrogens (tertiary/aromatic N) is 3. The molecule has 4 nitrogen and oxygen atoms in total. The van der Waals surface area contributed by atoms with Gasteiger partial charge in [-0.1, -0.05) is 42.1 Å². The first-order valence-electron chi connectivity index (χ1n) is 9.27. The van der Waals surface area contributed by atoms with Gasteiger partial charge in [0.2, 0.25) is 5.91 Å². The van der Waals surface area contributed by atoms with Crippen molar-refractivity contribution in [1.29, 1.82) is 0 Å². The Morgan fingerprint density at radius 1 is 1.26 bits per heavy atom. The Morgan fingerprint density at radius 3 is 2.81 bits per heavy atom. The second-order valence-corrected chi connectivity index (χ2v) is 8.87. The van der Waals surface area contributed by atoms with Gasteiger partial charge in [-0.25, -0.2) is 4.98 Å². The fourth-order valence-corrected chi connectivity index (χ4v) is 5.44. The van der Waals surface area contributed by atoms with Crippen LogP contribution in [0, 0.1) is 0 Å². The third kappa shape index (κ3) is 4.28. The molecule has 6 heteroatoms. The molecule has 0 unspecified atom stereocenters. The molecular formula is C21H23N3OS2. The van der Waals surface area contributed by atoms with Crippen molar-refractivity contribution in [3.05, 3.63) is 64.8 Å². The third-order valence-electron chi connectivity index (χ3n) is 4.84. The Hall–Kier alpha value is -2.05. The van der Waals surface area contributed by atoms with E-state index >= 15 is 0 Å². The molecule has 0 atom stereocenters. The lowest BCUT2D eigenvalue weighted by atomic mass is 9.99. The topological polar surface area (TPSA) is 38.1 Å². The van der Waals surface area contributed by atoms with Gasteiger partial charge >= 0.3 is 0 Å². The Bertz CT molecular complexity index is 893. The quantitative estimate of drug-likeness (QED) is 0.567. The number of amides is 1. The average molecular weight is 398 g/mol. The molecular weight excluding hydrogens is 374 g/mol. The summed E-state index contributed by atoms with van der Waals surface area (Å²) >= 11 is 3.29. The first-order chi connectivity index (χ1) is 13.2. The maximum Gasteiger partial charge on any atom is 0.238 e.